The van der Waals surface area contributed by atoms with E-state index in [4.69, 9.17) is 10.5 Å². The Morgan fingerprint density at radius 2 is 1.91 bits per heavy atom. The molecule has 2 aromatic heterocycles. The Balaban J connectivity index is 0.000000166. The van der Waals surface area contributed by atoms with Crippen LogP contribution in [0.15, 0.2) is 30.3 Å². The fourth-order valence-electron chi connectivity index (χ4n) is 4.06. The SMILES string of the molecule is Cc1c(N)sc2nc(C(F)(F)F)ccc12.O=CN1CCC2(CC1)CC(=O)c1cc(F)ccc1O2. The number of ketones is 1. The molecule has 6 nitrogen and oxygen atoms in total. The molecule has 1 saturated heterocycles. The van der Waals surface area contributed by atoms with Crippen LogP contribution in [0.2, 0.25) is 0 Å². The monoisotopic (exact) mass is 495 g/mol. The number of amides is 1. The van der Waals surface area contributed by atoms with Crippen LogP contribution in [-0.4, -0.2) is 40.8 Å². The number of hydrogen-bond donors (Lipinski definition) is 1. The zero-order valence-electron chi connectivity index (χ0n) is 18.1. The minimum atomic E-state index is -4.40. The molecular weight excluding hydrogens is 474 g/mol. The molecule has 0 unspecified atom stereocenters. The van der Waals surface area contributed by atoms with Crippen molar-refractivity contribution in [3.63, 3.8) is 0 Å². The number of carbonyl (C=O) groups excluding carboxylic acids is 2. The first-order valence-corrected chi connectivity index (χ1v) is 11.3. The minimum absolute atomic E-state index is 0.0831. The molecule has 11 heteroatoms. The molecule has 1 spiro atoms. The van der Waals surface area contributed by atoms with Crippen LogP contribution in [0.1, 0.15) is 40.9 Å². The Labute approximate surface area is 196 Å². The van der Waals surface area contributed by atoms with Crippen molar-refractivity contribution in [2.45, 2.75) is 38.0 Å². The first-order valence-electron chi connectivity index (χ1n) is 10.5. The van der Waals surface area contributed by atoms with E-state index in [-0.39, 0.29) is 12.2 Å². The van der Waals surface area contributed by atoms with E-state index in [1.807, 2.05) is 0 Å². The molecule has 34 heavy (non-hydrogen) atoms. The van der Waals surface area contributed by atoms with Gasteiger partial charge in [0.1, 0.15) is 27.7 Å². The molecule has 0 bridgehead atoms. The van der Waals surface area contributed by atoms with Gasteiger partial charge in [-0.3, -0.25) is 9.59 Å². The van der Waals surface area contributed by atoms with Crippen LogP contribution in [0, 0.1) is 12.7 Å². The van der Waals surface area contributed by atoms with E-state index in [1.165, 1.54) is 24.3 Å². The van der Waals surface area contributed by atoms with Crippen LogP contribution in [0.4, 0.5) is 22.6 Å². The molecule has 0 radical (unpaired) electrons. The number of halogens is 4. The molecule has 2 aliphatic heterocycles. The van der Waals surface area contributed by atoms with E-state index in [0.717, 1.165) is 29.4 Å². The zero-order valence-corrected chi connectivity index (χ0v) is 18.9. The molecule has 4 heterocycles. The first-order chi connectivity index (χ1) is 16.0. The number of likely N-dealkylation sites (tertiary alicyclic amines) is 1. The Morgan fingerprint density at radius 3 is 2.56 bits per heavy atom. The predicted molar refractivity (Wildman–Crippen MR) is 119 cm³/mol. The van der Waals surface area contributed by atoms with Crippen molar-refractivity contribution in [1.29, 1.82) is 0 Å². The second kappa shape index (κ2) is 8.86. The van der Waals surface area contributed by atoms with E-state index < -0.39 is 23.3 Å². The number of piperidine rings is 1. The summed E-state index contributed by atoms with van der Waals surface area (Å²) < 4.78 is 56.1. The number of nitrogens with zero attached hydrogens (tertiary/aromatic N) is 2. The number of pyridine rings is 1. The van der Waals surface area contributed by atoms with Crippen LogP contribution in [0.3, 0.4) is 0 Å². The highest BCUT2D eigenvalue weighted by Crippen LogP contribution is 2.39. The lowest BCUT2D eigenvalue weighted by Gasteiger charge is -2.43. The summed E-state index contributed by atoms with van der Waals surface area (Å²) in [6.45, 7) is 2.95. The number of rotatable bonds is 1. The number of alkyl halides is 3. The van der Waals surface area contributed by atoms with Gasteiger partial charge in [0.2, 0.25) is 6.41 Å². The molecule has 180 valence electrons. The summed E-state index contributed by atoms with van der Waals surface area (Å²) in [6, 6.07) is 6.42. The second-order valence-electron chi connectivity index (χ2n) is 8.31. The smallest absolute Gasteiger partial charge is 0.433 e. The number of nitrogen functional groups attached to an aromatic ring is 1. The molecule has 0 saturated carbocycles. The Hall–Kier alpha value is -3.21. The molecule has 1 fully saturated rings. The molecule has 0 atom stereocenters. The van der Waals surface area contributed by atoms with Crippen molar-refractivity contribution in [3.05, 3.63) is 53.0 Å². The van der Waals surface area contributed by atoms with Crippen molar-refractivity contribution in [1.82, 2.24) is 9.88 Å². The minimum Gasteiger partial charge on any atom is -0.486 e. The van der Waals surface area contributed by atoms with Crippen LogP contribution in [-0.2, 0) is 11.0 Å². The van der Waals surface area contributed by atoms with Crippen LogP contribution >= 0.6 is 11.3 Å². The lowest BCUT2D eigenvalue weighted by molar-refractivity contribution is -0.141. The molecule has 0 aliphatic carbocycles. The maximum Gasteiger partial charge on any atom is 0.433 e. The molecule has 1 aromatic carbocycles. The van der Waals surface area contributed by atoms with Gasteiger partial charge >= 0.3 is 6.18 Å². The van der Waals surface area contributed by atoms with E-state index >= 15 is 0 Å². The number of Topliss-reactive ketones (excluding diaryl/α,β-unsaturated/α-hetero) is 1. The molecule has 2 aliphatic rings. The number of aromatic nitrogens is 1. The second-order valence-corrected chi connectivity index (χ2v) is 9.34. The number of aryl methyl sites for hydroxylation is 1. The van der Waals surface area contributed by atoms with Crippen molar-refractivity contribution >= 4 is 38.7 Å². The third-order valence-corrected chi connectivity index (χ3v) is 7.07. The largest absolute Gasteiger partial charge is 0.486 e. The normalized spacial score (nSPS) is 17.1. The number of hydrogen-bond acceptors (Lipinski definition) is 6. The quantitative estimate of drug-likeness (QED) is 0.380. The third-order valence-electron chi connectivity index (χ3n) is 6.04. The predicted octanol–water partition coefficient (Wildman–Crippen LogP) is 4.99. The van der Waals surface area contributed by atoms with Crippen molar-refractivity contribution in [3.8, 4) is 5.75 Å². The summed E-state index contributed by atoms with van der Waals surface area (Å²) in [6.07, 6.45) is -2.06. The molecule has 1 amide bonds. The van der Waals surface area contributed by atoms with E-state index in [9.17, 15) is 27.2 Å². The van der Waals surface area contributed by atoms with Gasteiger partial charge < -0.3 is 15.4 Å². The molecule has 2 N–H and O–H groups in total. The summed E-state index contributed by atoms with van der Waals surface area (Å²) in [5.74, 6) is -0.0556. The summed E-state index contributed by atoms with van der Waals surface area (Å²) in [4.78, 5) is 28.4. The highest BCUT2D eigenvalue weighted by atomic mass is 32.1. The van der Waals surface area contributed by atoms with Crippen molar-refractivity contribution in [2.24, 2.45) is 0 Å². The van der Waals surface area contributed by atoms with Gasteiger partial charge in [0.15, 0.2) is 5.78 Å². The fraction of sp³-hybridized carbons (Fsp3) is 0.348. The lowest BCUT2D eigenvalue weighted by atomic mass is 9.82. The highest BCUT2D eigenvalue weighted by molar-refractivity contribution is 7.22. The van der Waals surface area contributed by atoms with Gasteiger partial charge in [0.05, 0.1) is 17.0 Å². The maximum atomic E-state index is 13.1. The summed E-state index contributed by atoms with van der Waals surface area (Å²) in [5, 5.41) is 1.20. The number of thiophene rings is 1. The lowest BCUT2D eigenvalue weighted by Crippen LogP contribution is -2.50. The van der Waals surface area contributed by atoms with Crippen LogP contribution < -0.4 is 10.5 Å². The maximum absolute atomic E-state index is 13.1. The molecular formula is C23H21F4N3O3S. The number of fused-ring (bicyclic) bond motifs is 2. The fourth-order valence-corrected chi connectivity index (χ4v) is 5.00. The number of anilines is 1. The Morgan fingerprint density at radius 1 is 1.21 bits per heavy atom. The van der Waals surface area contributed by atoms with Crippen molar-refractivity contribution in [2.75, 3.05) is 18.8 Å². The third kappa shape index (κ3) is 4.70. The summed E-state index contributed by atoms with van der Waals surface area (Å²) in [5.41, 5.74) is 5.31. The highest BCUT2D eigenvalue weighted by Gasteiger charge is 2.42. The van der Waals surface area contributed by atoms with Gasteiger partial charge in [-0.1, -0.05) is 11.3 Å². The molecule has 5 rings (SSSR count). The first kappa shape index (κ1) is 23.9. The number of benzene rings is 1. The van der Waals surface area contributed by atoms with Gasteiger partial charge in [0, 0.05) is 31.3 Å². The van der Waals surface area contributed by atoms with Gasteiger partial charge in [0.25, 0.3) is 0 Å². The van der Waals surface area contributed by atoms with E-state index in [2.05, 4.69) is 4.98 Å². The van der Waals surface area contributed by atoms with E-state index in [1.54, 1.807) is 11.8 Å². The molecule has 3 aromatic rings. The van der Waals surface area contributed by atoms with Crippen molar-refractivity contribution < 1.29 is 31.9 Å². The van der Waals surface area contributed by atoms with Gasteiger partial charge in [-0.15, -0.1) is 0 Å². The van der Waals surface area contributed by atoms with Crippen LogP contribution in [0.25, 0.3) is 10.2 Å². The zero-order chi connectivity index (χ0) is 24.7. The standard InChI is InChI=1S/C14H14FNO3.C9H7F3N2S/c15-10-1-2-13-11(7-10)12(18)8-14(19-13)3-5-16(9-17)6-4-14;1-4-5-2-3-6(9(10,11)12)14-8(5)15-7(4)13/h1-2,7,9H,3-6,8H2;2-3H,13H2,1H3. The Kier molecular flexibility index (Phi) is 6.24. The Bertz CT molecular complexity index is 1250. The average Bonchev–Trinajstić information content (AvgIpc) is 3.08. The van der Waals surface area contributed by atoms with Gasteiger partial charge in [-0.25, -0.2) is 9.37 Å². The van der Waals surface area contributed by atoms with Gasteiger partial charge in [-0.05, 0) is 42.8 Å². The van der Waals surface area contributed by atoms with E-state index in [0.29, 0.717) is 52.5 Å². The van der Waals surface area contributed by atoms with Crippen LogP contribution in [0.5, 0.6) is 5.75 Å². The van der Waals surface area contributed by atoms with Gasteiger partial charge in [-0.2, -0.15) is 13.2 Å². The number of ether oxygens (including phenoxy) is 1. The number of nitrogens with two attached hydrogens (primary N) is 1. The summed E-state index contributed by atoms with van der Waals surface area (Å²) in [7, 11) is 0. The number of carbonyl (C=O) groups is 2. The topological polar surface area (TPSA) is 85.5 Å². The summed E-state index contributed by atoms with van der Waals surface area (Å²) >= 11 is 1.08. The average molecular weight is 495 g/mol.